The van der Waals surface area contributed by atoms with Gasteiger partial charge in [0, 0.05) is 36.1 Å². The number of rotatable bonds is 8. The average Bonchev–Trinajstić information content (AvgIpc) is 3.59. The number of nitrogens with zero attached hydrogens (tertiary/aromatic N) is 5. The molecule has 2 aliphatic rings. The van der Waals surface area contributed by atoms with Crippen LogP contribution in [0.3, 0.4) is 0 Å². The SMILES string of the molecule is CC[C@@H]1CCCN1Cc1sc(NC(=O)c2cnc(N3CCC(C(=O)O)CC3)cn2)nc1-c1ccc(O)c(C(F)(F)F)c1. The number of amides is 1. The number of thiazole rings is 1. The van der Waals surface area contributed by atoms with Crippen LogP contribution in [0, 0.1) is 5.92 Å². The van der Waals surface area contributed by atoms with Crippen molar-refractivity contribution in [1.82, 2.24) is 19.9 Å². The molecule has 4 heterocycles. The molecule has 14 heteroatoms. The summed E-state index contributed by atoms with van der Waals surface area (Å²) in [6.45, 7) is 4.46. The number of anilines is 2. The van der Waals surface area contributed by atoms with E-state index >= 15 is 0 Å². The summed E-state index contributed by atoms with van der Waals surface area (Å²) in [6.07, 6.45) is 2.05. The molecule has 0 bridgehead atoms. The average molecular weight is 605 g/mol. The van der Waals surface area contributed by atoms with Crippen molar-refractivity contribution >= 4 is 34.2 Å². The van der Waals surface area contributed by atoms with Crippen molar-refractivity contribution in [3.05, 3.63) is 46.7 Å². The fourth-order valence-corrected chi connectivity index (χ4v) is 6.52. The smallest absolute Gasteiger partial charge is 0.419 e. The zero-order valence-corrected chi connectivity index (χ0v) is 23.7. The molecule has 10 nitrogen and oxygen atoms in total. The number of carbonyl (C=O) groups excluding carboxylic acids is 1. The molecule has 0 saturated carbocycles. The van der Waals surface area contributed by atoms with Gasteiger partial charge in [-0.2, -0.15) is 13.2 Å². The number of carboxylic acids is 1. The van der Waals surface area contributed by atoms with E-state index in [1.807, 2.05) is 4.90 Å². The number of phenols is 1. The van der Waals surface area contributed by atoms with Gasteiger partial charge in [-0.3, -0.25) is 19.8 Å². The quantitative estimate of drug-likeness (QED) is 0.315. The summed E-state index contributed by atoms with van der Waals surface area (Å²) in [5.74, 6) is -2.08. The van der Waals surface area contributed by atoms with Crippen LogP contribution in [-0.4, -0.2) is 67.6 Å². The first kappa shape index (κ1) is 29.7. The van der Waals surface area contributed by atoms with E-state index in [0.717, 1.165) is 37.9 Å². The minimum atomic E-state index is -4.74. The van der Waals surface area contributed by atoms with Crippen LogP contribution in [0.15, 0.2) is 30.6 Å². The molecule has 1 amide bonds. The Morgan fingerprint density at radius 2 is 1.88 bits per heavy atom. The van der Waals surface area contributed by atoms with Gasteiger partial charge in [-0.15, -0.1) is 0 Å². The highest BCUT2D eigenvalue weighted by Crippen LogP contribution is 2.40. The van der Waals surface area contributed by atoms with Crippen LogP contribution in [0.5, 0.6) is 5.75 Å². The van der Waals surface area contributed by atoms with Crippen molar-refractivity contribution in [3.63, 3.8) is 0 Å². The van der Waals surface area contributed by atoms with E-state index in [9.17, 15) is 33.0 Å². The van der Waals surface area contributed by atoms with Gasteiger partial charge in [0.1, 0.15) is 17.3 Å². The Balaban J connectivity index is 1.36. The summed E-state index contributed by atoms with van der Waals surface area (Å²) in [7, 11) is 0. The summed E-state index contributed by atoms with van der Waals surface area (Å²) in [5.41, 5.74) is -0.615. The molecule has 0 spiro atoms. The maximum absolute atomic E-state index is 13.5. The molecule has 3 aromatic rings. The summed E-state index contributed by atoms with van der Waals surface area (Å²) >= 11 is 1.19. The number of likely N-dealkylation sites (tertiary alicyclic amines) is 1. The first-order valence-corrected chi connectivity index (χ1v) is 14.6. The minimum Gasteiger partial charge on any atom is -0.507 e. The molecule has 0 unspecified atom stereocenters. The number of benzene rings is 1. The molecule has 3 N–H and O–H groups in total. The van der Waals surface area contributed by atoms with Crippen LogP contribution in [0.1, 0.15) is 60.0 Å². The second-order valence-corrected chi connectivity index (χ2v) is 11.6. The van der Waals surface area contributed by atoms with Gasteiger partial charge >= 0.3 is 12.1 Å². The van der Waals surface area contributed by atoms with Gasteiger partial charge in [-0.05, 0) is 56.8 Å². The predicted molar refractivity (Wildman–Crippen MR) is 150 cm³/mol. The summed E-state index contributed by atoms with van der Waals surface area (Å²) in [4.78, 5) is 42.2. The zero-order chi connectivity index (χ0) is 30.0. The molecule has 2 fully saturated rings. The van der Waals surface area contributed by atoms with Gasteiger partial charge in [-0.25, -0.2) is 15.0 Å². The molecule has 0 radical (unpaired) electrons. The van der Waals surface area contributed by atoms with Crippen LogP contribution in [0.4, 0.5) is 24.1 Å². The maximum Gasteiger partial charge on any atom is 0.419 e. The number of aliphatic carboxylic acids is 1. The van der Waals surface area contributed by atoms with Crippen LogP contribution in [0.2, 0.25) is 0 Å². The molecule has 42 heavy (non-hydrogen) atoms. The highest BCUT2D eigenvalue weighted by molar-refractivity contribution is 7.16. The standard InChI is InChI=1S/C28H31F3N6O4S/c1-2-18-4-3-9-37(18)15-22-24(17-5-6-21(38)19(12-17)28(29,30)31)34-27(42-22)35-25(39)20-13-33-23(14-32-20)36-10-7-16(8-11-36)26(40)41/h5-6,12-14,16,18,38H,2-4,7-11,15H2,1H3,(H,40,41)(H,34,35,39)/t18-/m1/s1. The highest BCUT2D eigenvalue weighted by atomic mass is 32.1. The zero-order valence-electron chi connectivity index (χ0n) is 22.9. The third-order valence-corrected chi connectivity index (χ3v) is 8.80. The van der Waals surface area contributed by atoms with Crippen LogP contribution >= 0.6 is 11.3 Å². The van der Waals surface area contributed by atoms with Gasteiger partial charge in [0.15, 0.2) is 5.13 Å². The van der Waals surface area contributed by atoms with Crippen molar-refractivity contribution in [2.75, 3.05) is 29.9 Å². The molecule has 1 atom stereocenters. The molecule has 2 aliphatic heterocycles. The summed E-state index contributed by atoms with van der Waals surface area (Å²) < 4.78 is 40.6. The Morgan fingerprint density at radius 3 is 2.52 bits per heavy atom. The number of halogens is 3. The van der Waals surface area contributed by atoms with Crippen molar-refractivity contribution in [3.8, 4) is 17.0 Å². The number of phenolic OH excluding ortho intramolecular Hbond substituents is 1. The van der Waals surface area contributed by atoms with Crippen LogP contribution in [-0.2, 0) is 17.5 Å². The lowest BCUT2D eigenvalue weighted by molar-refractivity contribution is -0.142. The lowest BCUT2D eigenvalue weighted by atomic mass is 9.97. The normalized spacial score (nSPS) is 18.4. The Hall–Kier alpha value is -3.78. The van der Waals surface area contributed by atoms with Crippen molar-refractivity contribution in [2.24, 2.45) is 5.92 Å². The van der Waals surface area contributed by atoms with E-state index < -0.39 is 29.4 Å². The molecular formula is C28H31F3N6O4S. The van der Waals surface area contributed by atoms with Crippen LogP contribution < -0.4 is 10.2 Å². The van der Waals surface area contributed by atoms with E-state index in [2.05, 4.69) is 32.1 Å². The number of nitrogens with one attached hydrogen (secondary N) is 1. The van der Waals surface area contributed by atoms with Gasteiger partial charge in [0.25, 0.3) is 5.91 Å². The lowest BCUT2D eigenvalue weighted by Crippen LogP contribution is -2.36. The number of aromatic hydroxyl groups is 1. The fraction of sp³-hybridized carbons (Fsp3) is 0.464. The maximum atomic E-state index is 13.5. The lowest BCUT2D eigenvalue weighted by Gasteiger charge is -2.30. The van der Waals surface area contributed by atoms with Gasteiger partial charge in [-0.1, -0.05) is 18.3 Å². The number of aromatic nitrogens is 3. The van der Waals surface area contributed by atoms with Crippen LogP contribution in [0.25, 0.3) is 11.3 Å². The number of carboxylic acid groups (broad SMARTS) is 1. The Morgan fingerprint density at radius 1 is 1.12 bits per heavy atom. The minimum absolute atomic E-state index is 0.0343. The second-order valence-electron chi connectivity index (χ2n) is 10.5. The molecule has 1 aromatic carbocycles. The van der Waals surface area contributed by atoms with Crippen molar-refractivity contribution in [1.29, 1.82) is 0 Å². The molecule has 5 rings (SSSR count). The molecule has 2 saturated heterocycles. The fourth-order valence-electron chi connectivity index (χ4n) is 5.52. The number of hydrogen-bond acceptors (Lipinski definition) is 9. The second kappa shape index (κ2) is 12.2. The third kappa shape index (κ3) is 6.49. The first-order valence-electron chi connectivity index (χ1n) is 13.8. The van der Waals surface area contributed by atoms with Gasteiger partial charge in [0.2, 0.25) is 0 Å². The van der Waals surface area contributed by atoms with Crippen molar-refractivity contribution < 1.29 is 33.0 Å². The van der Waals surface area contributed by atoms with E-state index in [-0.39, 0.29) is 22.3 Å². The molecule has 2 aromatic heterocycles. The number of piperidine rings is 1. The molecule has 0 aliphatic carbocycles. The van der Waals surface area contributed by atoms with E-state index in [1.54, 1.807) is 0 Å². The van der Waals surface area contributed by atoms with Gasteiger partial charge in [0.05, 0.1) is 29.6 Å². The first-order chi connectivity index (χ1) is 20.0. The summed E-state index contributed by atoms with van der Waals surface area (Å²) in [6, 6.07) is 3.63. The van der Waals surface area contributed by atoms with E-state index in [1.165, 1.54) is 29.8 Å². The number of hydrogen-bond donors (Lipinski definition) is 3. The Labute approximate surface area is 244 Å². The topological polar surface area (TPSA) is 132 Å². The van der Waals surface area contributed by atoms with E-state index in [4.69, 9.17) is 0 Å². The number of alkyl halides is 3. The van der Waals surface area contributed by atoms with E-state index in [0.29, 0.717) is 54.9 Å². The summed E-state index contributed by atoms with van der Waals surface area (Å²) in [5, 5.41) is 21.9. The van der Waals surface area contributed by atoms with Crippen molar-refractivity contribution in [2.45, 2.75) is 57.8 Å². The Bertz CT molecular complexity index is 1440. The third-order valence-electron chi connectivity index (χ3n) is 7.85. The Kier molecular flexibility index (Phi) is 8.64. The number of carbonyl (C=O) groups is 2. The van der Waals surface area contributed by atoms with Gasteiger partial charge < -0.3 is 15.1 Å². The molecular weight excluding hydrogens is 573 g/mol. The predicted octanol–water partition coefficient (Wildman–Crippen LogP) is 5.25. The molecule has 224 valence electrons. The largest absolute Gasteiger partial charge is 0.507 e. The highest BCUT2D eigenvalue weighted by Gasteiger charge is 2.35. The monoisotopic (exact) mass is 604 g/mol.